The molecule has 25 heavy (non-hydrogen) atoms. The Hall–Kier alpha value is -2.24. The van der Waals surface area contributed by atoms with Crippen molar-refractivity contribution < 1.29 is 19.1 Å². The van der Waals surface area contributed by atoms with E-state index in [1.54, 1.807) is 20.3 Å². The number of nitrogens with one attached hydrogen (secondary N) is 1. The molecule has 1 heterocycles. The van der Waals surface area contributed by atoms with Gasteiger partial charge in [0.25, 0.3) is 0 Å². The number of anilines is 1. The molecule has 136 valence electrons. The number of nitrogens with zero attached hydrogens (tertiary/aromatic N) is 1. The van der Waals surface area contributed by atoms with Gasteiger partial charge in [-0.05, 0) is 31.4 Å². The number of carbonyl (C=O) groups excluding carboxylic acids is 2. The van der Waals surface area contributed by atoms with E-state index in [0.29, 0.717) is 36.2 Å². The third-order valence-electron chi connectivity index (χ3n) is 5.28. The molecule has 0 spiro atoms. The van der Waals surface area contributed by atoms with Gasteiger partial charge >= 0.3 is 0 Å². The van der Waals surface area contributed by atoms with Gasteiger partial charge in [-0.25, -0.2) is 0 Å². The molecule has 1 aromatic carbocycles. The molecule has 6 heteroatoms. The van der Waals surface area contributed by atoms with Crippen LogP contribution in [0.15, 0.2) is 12.1 Å². The normalized spacial score (nSPS) is 20.8. The number of rotatable bonds is 5. The Labute approximate surface area is 148 Å². The Balaban J connectivity index is 1.69. The molecule has 1 aromatic rings. The maximum absolute atomic E-state index is 12.7. The van der Waals surface area contributed by atoms with Crippen molar-refractivity contribution in [1.82, 2.24) is 4.90 Å². The maximum Gasteiger partial charge on any atom is 0.229 e. The summed E-state index contributed by atoms with van der Waals surface area (Å²) in [6, 6.07) is 3.92. The first-order chi connectivity index (χ1) is 12.0. The van der Waals surface area contributed by atoms with Crippen molar-refractivity contribution in [3.05, 3.63) is 17.7 Å². The molecule has 1 saturated carbocycles. The Bertz CT molecular complexity index is 668. The first-order valence-corrected chi connectivity index (χ1v) is 8.86. The summed E-state index contributed by atoms with van der Waals surface area (Å²) in [6.07, 6.45) is 4.78. The van der Waals surface area contributed by atoms with Crippen LogP contribution in [0.2, 0.25) is 0 Å². The Morgan fingerprint density at radius 1 is 1.16 bits per heavy atom. The number of methoxy groups -OCH3 is 2. The zero-order valence-corrected chi connectivity index (χ0v) is 15.1. The van der Waals surface area contributed by atoms with Gasteiger partial charge in [-0.15, -0.1) is 0 Å². The topological polar surface area (TPSA) is 67.9 Å². The number of amides is 2. The molecule has 6 nitrogen and oxygen atoms in total. The van der Waals surface area contributed by atoms with Crippen LogP contribution in [-0.4, -0.2) is 43.5 Å². The lowest BCUT2D eigenvalue weighted by atomic mass is 10.1. The number of carbonyl (C=O) groups is 2. The van der Waals surface area contributed by atoms with Gasteiger partial charge in [-0.2, -0.15) is 0 Å². The fourth-order valence-corrected chi connectivity index (χ4v) is 3.83. The predicted molar refractivity (Wildman–Crippen MR) is 95.0 cm³/mol. The van der Waals surface area contributed by atoms with E-state index in [1.807, 2.05) is 17.9 Å². The highest BCUT2D eigenvalue weighted by atomic mass is 16.5. The lowest BCUT2D eigenvalue weighted by molar-refractivity contribution is -0.129. The lowest BCUT2D eigenvalue weighted by Crippen LogP contribution is -2.35. The smallest absolute Gasteiger partial charge is 0.229 e. The molecule has 3 rings (SSSR count). The molecule has 2 fully saturated rings. The highest BCUT2D eigenvalue weighted by Crippen LogP contribution is 2.34. The first kappa shape index (κ1) is 17.6. The summed E-state index contributed by atoms with van der Waals surface area (Å²) in [6.45, 7) is 2.43. The third kappa shape index (κ3) is 3.57. The molecule has 1 aliphatic heterocycles. The Morgan fingerprint density at radius 3 is 2.44 bits per heavy atom. The summed E-state index contributed by atoms with van der Waals surface area (Å²) in [7, 11) is 3.14. The average Bonchev–Trinajstić information content (AvgIpc) is 3.25. The quantitative estimate of drug-likeness (QED) is 0.890. The van der Waals surface area contributed by atoms with E-state index in [2.05, 4.69) is 5.32 Å². The van der Waals surface area contributed by atoms with Crippen LogP contribution in [0, 0.1) is 12.8 Å². The molecule has 1 unspecified atom stereocenters. The van der Waals surface area contributed by atoms with Gasteiger partial charge in [-0.1, -0.05) is 12.8 Å². The number of likely N-dealkylation sites (tertiary alicyclic amines) is 1. The lowest BCUT2D eigenvalue weighted by Gasteiger charge is -2.24. The Kier molecular flexibility index (Phi) is 5.16. The zero-order valence-electron chi connectivity index (χ0n) is 15.1. The molecule has 0 bridgehead atoms. The monoisotopic (exact) mass is 346 g/mol. The van der Waals surface area contributed by atoms with Crippen LogP contribution in [-0.2, 0) is 9.59 Å². The summed E-state index contributed by atoms with van der Waals surface area (Å²) in [5, 5.41) is 2.96. The number of hydrogen-bond donors (Lipinski definition) is 1. The fourth-order valence-electron chi connectivity index (χ4n) is 3.83. The molecule has 2 aliphatic rings. The van der Waals surface area contributed by atoms with Crippen LogP contribution in [0.3, 0.4) is 0 Å². The van der Waals surface area contributed by atoms with Crippen molar-refractivity contribution >= 4 is 17.5 Å². The van der Waals surface area contributed by atoms with Crippen molar-refractivity contribution in [3.8, 4) is 11.5 Å². The molecule has 1 saturated heterocycles. The van der Waals surface area contributed by atoms with Crippen LogP contribution in [0.5, 0.6) is 11.5 Å². The summed E-state index contributed by atoms with van der Waals surface area (Å²) in [4.78, 5) is 26.9. The standard InChI is InChI=1S/C19H26N2O4/c1-12-8-16(24-2)17(25-3)10-15(12)20-19(23)13-9-18(22)21(11-13)14-6-4-5-7-14/h8,10,13-14H,4-7,9,11H2,1-3H3,(H,20,23). The minimum Gasteiger partial charge on any atom is -0.493 e. The molecule has 2 amide bonds. The van der Waals surface area contributed by atoms with E-state index in [-0.39, 0.29) is 17.7 Å². The van der Waals surface area contributed by atoms with Crippen LogP contribution < -0.4 is 14.8 Å². The van der Waals surface area contributed by atoms with Crippen LogP contribution in [0.4, 0.5) is 5.69 Å². The molecular weight excluding hydrogens is 320 g/mol. The molecular formula is C19H26N2O4. The second-order valence-electron chi connectivity index (χ2n) is 6.90. The van der Waals surface area contributed by atoms with E-state index in [0.717, 1.165) is 18.4 Å². The predicted octanol–water partition coefficient (Wildman–Crippen LogP) is 2.74. The number of aryl methyl sites for hydroxylation is 1. The van der Waals surface area contributed by atoms with Crippen LogP contribution in [0.25, 0.3) is 0 Å². The second kappa shape index (κ2) is 7.33. The van der Waals surface area contributed by atoms with E-state index in [1.165, 1.54) is 12.8 Å². The van der Waals surface area contributed by atoms with E-state index < -0.39 is 0 Å². The van der Waals surface area contributed by atoms with Gasteiger partial charge in [0.2, 0.25) is 11.8 Å². The summed E-state index contributed by atoms with van der Waals surface area (Å²) >= 11 is 0. The Morgan fingerprint density at radius 2 is 1.80 bits per heavy atom. The van der Waals surface area contributed by atoms with Crippen molar-refractivity contribution in [1.29, 1.82) is 0 Å². The highest BCUT2D eigenvalue weighted by Gasteiger charge is 2.38. The average molecular weight is 346 g/mol. The molecule has 1 atom stereocenters. The molecule has 0 radical (unpaired) electrons. The third-order valence-corrected chi connectivity index (χ3v) is 5.28. The van der Waals surface area contributed by atoms with Crippen molar-refractivity contribution in [2.45, 2.75) is 45.1 Å². The molecule has 1 N–H and O–H groups in total. The first-order valence-electron chi connectivity index (χ1n) is 8.86. The summed E-state index contributed by atoms with van der Waals surface area (Å²) in [5.41, 5.74) is 1.58. The minimum atomic E-state index is -0.291. The van der Waals surface area contributed by atoms with Gasteiger partial charge in [-0.3, -0.25) is 9.59 Å². The van der Waals surface area contributed by atoms with Crippen LogP contribution in [0.1, 0.15) is 37.7 Å². The van der Waals surface area contributed by atoms with E-state index in [9.17, 15) is 9.59 Å². The van der Waals surface area contributed by atoms with E-state index in [4.69, 9.17) is 9.47 Å². The molecule has 0 aromatic heterocycles. The fraction of sp³-hybridized carbons (Fsp3) is 0.579. The van der Waals surface area contributed by atoms with Crippen molar-refractivity contribution in [2.24, 2.45) is 5.92 Å². The van der Waals surface area contributed by atoms with Crippen molar-refractivity contribution in [2.75, 3.05) is 26.1 Å². The van der Waals surface area contributed by atoms with Gasteiger partial charge in [0, 0.05) is 30.8 Å². The number of hydrogen-bond acceptors (Lipinski definition) is 4. The summed E-state index contributed by atoms with van der Waals surface area (Å²) in [5.74, 6) is 0.903. The SMILES string of the molecule is COc1cc(C)c(NC(=O)C2CC(=O)N(C3CCCC3)C2)cc1OC. The zero-order chi connectivity index (χ0) is 18.0. The summed E-state index contributed by atoms with van der Waals surface area (Å²) < 4.78 is 10.6. The maximum atomic E-state index is 12.7. The largest absolute Gasteiger partial charge is 0.493 e. The van der Waals surface area contributed by atoms with Gasteiger partial charge < -0.3 is 19.7 Å². The van der Waals surface area contributed by atoms with E-state index >= 15 is 0 Å². The number of ether oxygens (including phenoxy) is 2. The van der Waals surface area contributed by atoms with Gasteiger partial charge in [0.15, 0.2) is 11.5 Å². The number of benzene rings is 1. The minimum absolute atomic E-state index is 0.107. The van der Waals surface area contributed by atoms with Gasteiger partial charge in [0.05, 0.1) is 20.1 Å². The van der Waals surface area contributed by atoms with Gasteiger partial charge in [0.1, 0.15) is 0 Å². The second-order valence-corrected chi connectivity index (χ2v) is 6.90. The van der Waals surface area contributed by atoms with Crippen LogP contribution >= 0.6 is 0 Å². The molecule has 1 aliphatic carbocycles. The highest BCUT2D eigenvalue weighted by molar-refractivity contribution is 5.98. The van der Waals surface area contributed by atoms with Crippen molar-refractivity contribution in [3.63, 3.8) is 0 Å².